The minimum Gasteiger partial charge on any atom is -0.274 e. The van der Waals surface area contributed by atoms with E-state index >= 15 is 0 Å². The first kappa shape index (κ1) is 11.0. The van der Waals surface area contributed by atoms with Crippen molar-refractivity contribution in [3.05, 3.63) is 30.1 Å². The average Bonchev–Trinajstić information content (AvgIpc) is 2.81. The number of amides is 2. The van der Waals surface area contributed by atoms with Crippen LogP contribution in [0.3, 0.4) is 0 Å². The molecule has 92 valence electrons. The standard InChI is InChI=1S/C12H10FN3O2/c1-12-9(6-14-15-12)10(17)16(11(12)18)8-4-2-7(13)3-5-8/h2-5,9H,6H2,1H3/t9-,12+/m0/s1. The van der Waals surface area contributed by atoms with Crippen molar-refractivity contribution in [2.24, 2.45) is 16.1 Å². The molecule has 0 radical (unpaired) electrons. The highest BCUT2D eigenvalue weighted by molar-refractivity contribution is 6.25. The highest BCUT2D eigenvalue weighted by Crippen LogP contribution is 2.40. The SMILES string of the molecule is C[C@@]12N=NC[C@H]1C(=O)N(c1ccc(F)cc1)C2=O. The Morgan fingerprint density at radius 3 is 2.61 bits per heavy atom. The van der Waals surface area contributed by atoms with Crippen LogP contribution in [0.1, 0.15) is 6.92 Å². The number of azo groups is 1. The smallest absolute Gasteiger partial charge is 0.264 e. The van der Waals surface area contributed by atoms with Gasteiger partial charge in [0.25, 0.3) is 5.91 Å². The Labute approximate surface area is 102 Å². The molecule has 2 amide bonds. The zero-order chi connectivity index (χ0) is 12.9. The fourth-order valence-electron chi connectivity index (χ4n) is 2.34. The van der Waals surface area contributed by atoms with Crippen molar-refractivity contribution < 1.29 is 14.0 Å². The van der Waals surface area contributed by atoms with Gasteiger partial charge in [0.05, 0.1) is 18.2 Å². The lowest BCUT2D eigenvalue weighted by Gasteiger charge is -2.16. The number of rotatable bonds is 1. The molecule has 3 rings (SSSR count). The van der Waals surface area contributed by atoms with Crippen LogP contribution in [0.5, 0.6) is 0 Å². The van der Waals surface area contributed by atoms with Crippen LogP contribution in [0.4, 0.5) is 10.1 Å². The summed E-state index contributed by atoms with van der Waals surface area (Å²) in [5.74, 6) is -1.66. The molecule has 2 aliphatic rings. The number of benzene rings is 1. The molecule has 2 atom stereocenters. The molecule has 5 nitrogen and oxygen atoms in total. The summed E-state index contributed by atoms with van der Waals surface area (Å²) in [6.07, 6.45) is 0. The lowest BCUT2D eigenvalue weighted by molar-refractivity contribution is -0.122. The number of anilines is 1. The fourth-order valence-corrected chi connectivity index (χ4v) is 2.34. The molecule has 6 heteroatoms. The van der Waals surface area contributed by atoms with Crippen LogP contribution in [0.2, 0.25) is 0 Å². The number of hydrogen-bond donors (Lipinski definition) is 0. The third kappa shape index (κ3) is 1.25. The maximum atomic E-state index is 12.9. The number of fused-ring (bicyclic) bond motifs is 1. The molecule has 2 aliphatic heterocycles. The van der Waals surface area contributed by atoms with Gasteiger partial charge in [-0.1, -0.05) is 0 Å². The maximum Gasteiger partial charge on any atom is 0.264 e. The molecule has 1 aromatic rings. The second-order valence-corrected chi connectivity index (χ2v) is 4.58. The highest BCUT2D eigenvalue weighted by Gasteiger charge is 2.59. The van der Waals surface area contributed by atoms with Gasteiger partial charge in [-0.25, -0.2) is 9.29 Å². The van der Waals surface area contributed by atoms with Gasteiger partial charge in [-0.05, 0) is 31.2 Å². The third-order valence-electron chi connectivity index (χ3n) is 3.46. The van der Waals surface area contributed by atoms with Gasteiger partial charge >= 0.3 is 0 Å². The second kappa shape index (κ2) is 3.44. The second-order valence-electron chi connectivity index (χ2n) is 4.58. The van der Waals surface area contributed by atoms with Crippen molar-refractivity contribution >= 4 is 17.5 Å². The summed E-state index contributed by atoms with van der Waals surface area (Å²) in [6, 6.07) is 5.25. The Bertz CT molecular complexity index is 569. The fraction of sp³-hybridized carbons (Fsp3) is 0.333. The quantitative estimate of drug-likeness (QED) is 0.706. The molecular formula is C12H10FN3O2. The third-order valence-corrected chi connectivity index (χ3v) is 3.46. The monoisotopic (exact) mass is 247 g/mol. The molecule has 0 bridgehead atoms. The van der Waals surface area contributed by atoms with Crippen molar-refractivity contribution in [1.82, 2.24) is 0 Å². The van der Waals surface area contributed by atoms with Crippen LogP contribution in [-0.4, -0.2) is 23.9 Å². The molecule has 1 fully saturated rings. The van der Waals surface area contributed by atoms with E-state index in [1.54, 1.807) is 6.92 Å². The molecule has 0 aromatic heterocycles. The van der Waals surface area contributed by atoms with Gasteiger partial charge in [-0.3, -0.25) is 9.59 Å². The van der Waals surface area contributed by atoms with Crippen molar-refractivity contribution in [2.45, 2.75) is 12.5 Å². The van der Waals surface area contributed by atoms with E-state index in [2.05, 4.69) is 10.2 Å². The Morgan fingerprint density at radius 1 is 1.33 bits per heavy atom. The molecule has 18 heavy (non-hydrogen) atoms. The Balaban J connectivity index is 2.04. The van der Waals surface area contributed by atoms with Gasteiger partial charge in [0.1, 0.15) is 5.82 Å². The predicted octanol–water partition coefficient (Wildman–Crippen LogP) is 1.54. The molecule has 1 aromatic carbocycles. The van der Waals surface area contributed by atoms with E-state index in [0.717, 1.165) is 4.90 Å². The summed E-state index contributed by atoms with van der Waals surface area (Å²) in [4.78, 5) is 25.5. The first-order valence-electron chi connectivity index (χ1n) is 5.56. The summed E-state index contributed by atoms with van der Waals surface area (Å²) in [6.45, 7) is 1.84. The van der Waals surface area contributed by atoms with Gasteiger partial charge in [-0.15, -0.1) is 0 Å². The van der Waals surface area contributed by atoms with Gasteiger partial charge in [0.15, 0.2) is 5.54 Å². The first-order valence-corrected chi connectivity index (χ1v) is 5.56. The van der Waals surface area contributed by atoms with Crippen LogP contribution >= 0.6 is 0 Å². The number of carbonyl (C=O) groups is 2. The zero-order valence-electron chi connectivity index (χ0n) is 9.63. The predicted molar refractivity (Wildman–Crippen MR) is 60.5 cm³/mol. The molecule has 2 heterocycles. The summed E-state index contributed by atoms with van der Waals surface area (Å²) >= 11 is 0. The first-order chi connectivity index (χ1) is 8.54. The van der Waals surface area contributed by atoms with E-state index in [4.69, 9.17) is 0 Å². The molecule has 0 N–H and O–H groups in total. The Morgan fingerprint density at radius 2 is 2.00 bits per heavy atom. The number of nitrogens with zero attached hydrogens (tertiary/aromatic N) is 3. The van der Waals surface area contributed by atoms with E-state index in [-0.39, 0.29) is 12.5 Å². The number of halogens is 1. The molecule has 0 aliphatic carbocycles. The molecule has 0 unspecified atom stereocenters. The van der Waals surface area contributed by atoms with Gasteiger partial charge in [0.2, 0.25) is 5.91 Å². The van der Waals surface area contributed by atoms with Crippen LogP contribution in [0.15, 0.2) is 34.5 Å². The average molecular weight is 247 g/mol. The maximum absolute atomic E-state index is 12.9. The van der Waals surface area contributed by atoms with Crippen LogP contribution < -0.4 is 4.90 Å². The van der Waals surface area contributed by atoms with E-state index in [9.17, 15) is 14.0 Å². The lowest BCUT2D eigenvalue weighted by Crippen LogP contribution is -2.37. The summed E-state index contributed by atoms with van der Waals surface area (Å²) in [5.41, 5.74) is -0.719. The minimum absolute atomic E-state index is 0.235. The molecule has 0 spiro atoms. The molecule has 0 saturated carbocycles. The van der Waals surface area contributed by atoms with Crippen molar-refractivity contribution in [3.8, 4) is 0 Å². The number of carbonyl (C=O) groups excluding carboxylic acids is 2. The largest absolute Gasteiger partial charge is 0.274 e. The summed E-state index contributed by atoms with van der Waals surface area (Å²) < 4.78 is 12.9. The van der Waals surface area contributed by atoms with Crippen LogP contribution in [0.25, 0.3) is 0 Å². The van der Waals surface area contributed by atoms with E-state index in [1.807, 2.05) is 0 Å². The zero-order valence-corrected chi connectivity index (χ0v) is 9.63. The van der Waals surface area contributed by atoms with E-state index in [0.29, 0.717) is 5.69 Å². The van der Waals surface area contributed by atoms with E-state index in [1.165, 1.54) is 24.3 Å². The van der Waals surface area contributed by atoms with Crippen LogP contribution in [0, 0.1) is 11.7 Å². The van der Waals surface area contributed by atoms with Gasteiger partial charge < -0.3 is 0 Å². The number of imide groups is 1. The van der Waals surface area contributed by atoms with Crippen molar-refractivity contribution in [3.63, 3.8) is 0 Å². The summed E-state index contributed by atoms with van der Waals surface area (Å²) in [7, 11) is 0. The summed E-state index contributed by atoms with van der Waals surface area (Å²) in [5, 5.41) is 7.67. The van der Waals surface area contributed by atoms with E-state index < -0.39 is 23.2 Å². The number of hydrogen-bond acceptors (Lipinski definition) is 4. The van der Waals surface area contributed by atoms with Gasteiger partial charge in [-0.2, -0.15) is 10.2 Å². The molecular weight excluding hydrogens is 237 g/mol. The van der Waals surface area contributed by atoms with Gasteiger partial charge in [0, 0.05) is 0 Å². The molecule has 1 saturated heterocycles. The Kier molecular flexibility index (Phi) is 2.10. The van der Waals surface area contributed by atoms with Crippen LogP contribution in [-0.2, 0) is 9.59 Å². The normalized spacial score (nSPS) is 30.1. The lowest BCUT2D eigenvalue weighted by atomic mass is 9.90. The topological polar surface area (TPSA) is 62.1 Å². The highest BCUT2D eigenvalue weighted by atomic mass is 19.1. The van der Waals surface area contributed by atoms with Crippen molar-refractivity contribution in [1.29, 1.82) is 0 Å². The minimum atomic E-state index is -1.09. The van der Waals surface area contributed by atoms with Crippen molar-refractivity contribution in [2.75, 3.05) is 11.4 Å². The Hall–Kier alpha value is -2.11.